The first kappa shape index (κ1) is 11.4. The lowest BCUT2D eigenvalue weighted by atomic mass is 9.93. The van der Waals surface area contributed by atoms with Crippen molar-refractivity contribution in [2.45, 2.75) is 44.7 Å². The molecule has 88 valence electrons. The van der Waals surface area contributed by atoms with Gasteiger partial charge in [-0.05, 0) is 31.8 Å². The molecule has 2 rings (SSSR count). The summed E-state index contributed by atoms with van der Waals surface area (Å²) in [6, 6.07) is 1.10. The number of likely N-dealkylation sites (tertiary alicyclic amines) is 1. The van der Waals surface area contributed by atoms with Crippen molar-refractivity contribution in [2.75, 3.05) is 26.2 Å². The molecule has 15 heavy (non-hydrogen) atoms. The van der Waals surface area contributed by atoms with Gasteiger partial charge in [-0.25, -0.2) is 0 Å². The van der Waals surface area contributed by atoms with Crippen LogP contribution in [0.5, 0.6) is 0 Å². The van der Waals surface area contributed by atoms with Crippen molar-refractivity contribution in [3.63, 3.8) is 0 Å². The Morgan fingerprint density at radius 2 is 2.20 bits per heavy atom. The third kappa shape index (κ3) is 2.35. The topological polar surface area (TPSA) is 35.5 Å². The Balaban J connectivity index is 1.99. The zero-order chi connectivity index (χ0) is 10.7. The van der Waals surface area contributed by atoms with E-state index in [1.807, 2.05) is 0 Å². The third-order valence-corrected chi connectivity index (χ3v) is 4.14. The van der Waals surface area contributed by atoms with Crippen molar-refractivity contribution in [1.29, 1.82) is 0 Å². The summed E-state index contributed by atoms with van der Waals surface area (Å²) in [5, 5.41) is 12.9. The van der Waals surface area contributed by atoms with Gasteiger partial charge in [-0.1, -0.05) is 19.8 Å². The fraction of sp³-hybridized carbons (Fsp3) is 1.00. The van der Waals surface area contributed by atoms with Crippen LogP contribution in [0.3, 0.4) is 0 Å². The van der Waals surface area contributed by atoms with Crippen LogP contribution in [0.15, 0.2) is 0 Å². The number of nitrogens with one attached hydrogen (secondary N) is 1. The fourth-order valence-electron chi connectivity index (χ4n) is 3.18. The van der Waals surface area contributed by atoms with Crippen molar-refractivity contribution in [3.05, 3.63) is 0 Å². The average Bonchev–Trinajstić information content (AvgIpc) is 2.76. The van der Waals surface area contributed by atoms with Crippen LogP contribution in [0.4, 0.5) is 0 Å². The Hall–Kier alpha value is -0.120. The lowest BCUT2D eigenvalue weighted by molar-refractivity contribution is 0.0434. The van der Waals surface area contributed by atoms with E-state index in [4.69, 9.17) is 0 Å². The van der Waals surface area contributed by atoms with E-state index in [9.17, 15) is 5.11 Å². The summed E-state index contributed by atoms with van der Waals surface area (Å²) in [6.07, 6.45) is 5.04. The Morgan fingerprint density at radius 1 is 1.33 bits per heavy atom. The van der Waals surface area contributed by atoms with Gasteiger partial charge in [-0.3, -0.25) is 4.90 Å². The predicted octanol–water partition coefficient (Wildman–Crippen LogP) is 0.831. The van der Waals surface area contributed by atoms with Crippen molar-refractivity contribution >= 4 is 0 Å². The highest BCUT2D eigenvalue weighted by molar-refractivity contribution is 4.92. The minimum Gasteiger partial charge on any atom is -0.395 e. The first-order valence-corrected chi connectivity index (χ1v) is 6.44. The second-order valence-corrected chi connectivity index (χ2v) is 4.96. The monoisotopic (exact) mass is 212 g/mol. The van der Waals surface area contributed by atoms with Crippen LogP contribution in [0.2, 0.25) is 0 Å². The maximum atomic E-state index is 9.42. The molecule has 0 aliphatic carbocycles. The molecule has 0 bridgehead atoms. The predicted molar refractivity (Wildman–Crippen MR) is 61.9 cm³/mol. The highest BCUT2D eigenvalue weighted by Crippen LogP contribution is 2.26. The summed E-state index contributed by atoms with van der Waals surface area (Å²) in [6.45, 7) is 6.09. The molecule has 2 N–H and O–H groups in total. The molecule has 0 aromatic rings. The standard InChI is InChI=1S/C12H24N2O/c1-2-10-7-13-8-12(10)14-6-4-3-5-11(14)9-15/h10-13,15H,2-9H2,1H3. The van der Waals surface area contributed by atoms with Crippen LogP contribution in [-0.2, 0) is 0 Å². The molecular weight excluding hydrogens is 188 g/mol. The molecule has 3 heteroatoms. The largest absolute Gasteiger partial charge is 0.395 e. The number of hydrogen-bond donors (Lipinski definition) is 2. The van der Waals surface area contributed by atoms with Crippen LogP contribution >= 0.6 is 0 Å². The number of aliphatic hydroxyl groups excluding tert-OH is 1. The molecule has 0 aromatic heterocycles. The van der Waals surface area contributed by atoms with E-state index in [1.54, 1.807) is 0 Å². The molecule has 0 saturated carbocycles. The second-order valence-electron chi connectivity index (χ2n) is 4.96. The molecule has 2 aliphatic rings. The van der Waals surface area contributed by atoms with E-state index in [2.05, 4.69) is 17.1 Å². The van der Waals surface area contributed by atoms with E-state index in [0.29, 0.717) is 18.7 Å². The molecule has 2 saturated heterocycles. The van der Waals surface area contributed by atoms with Crippen molar-refractivity contribution in [2.24, 2.45) is 5.92 Å². The van der Waals surface area contributed by atoms with Crippen LogP contribution in [0.25, 0.3) is 0 Å². The van der Waals surface area contributed by atoms with Crippen LogP contribution in [0, 0.1) is 5.92 Å². The SMILES string of the molecule is CCC1CNCC1N1CCCCC1CO. The minimum absolute atomic E-state index is 0.340. The van der Waals surface area contributed by atoms with Gasteiger partial charge in [-0.2, -0.15) is 0 Å². The van der Waals surface area contributed by atoms with Crippen molar-refractivity contribution in [1.82, 2.24) is 10.2 Å². The maximum absolute atomic E-state index is 9.42. The average molecular weight is 212 g/mol. The first-order chi connectivity index (χ1) is 7.36. The van der Waals surface area contributed by atoms with Crippen LogP contribution < -0.4 is 5.32 Å². The highest BCUT2D eigenvalue weighted by Gasteiger charge is 2.35. The molecule has 2 aliphatic heterocycles. The third-order valence-electron chi connectivity index (χ3n) is 4.14. The number of rotatable bonds is 3. The zero-order valence-electron chi connectivity index (χ0n) is 9.78. The number of aliphatic hydroxyl groups is 1. The molecule has 3 atom stereocenters. The molecular formula is C12H24N2O. The molecule has 0 spiro atoms. The van der Waals surface area contributed by atoms with Gasteiger partial charge in [0.1, 0.15) is 0 Å². The molecule has 0 aromatic carbocycles. The second kappa shape index (κ2) is 5.28. The van der Waals surface area contributed by atoms with Crippen molar-refractivity contribution in [3.8, 4) is 0 Å². The summed E-state index contributed by atoms with van der Waals surface area (Å²) in [4.78, 5) is 2.57. The number of piperidine rings is 1. The minimum atomic E-state index is 0.340. The Kier molecular flexibility index (Phi) is 4.00. The molecule has 0 radical (unpaired) electrons. The molecule has 3 nitrogen and oxygen atoms in total. The summed E-state index contributed by atoms with van der Waals surface area (Å²) < 4.78 is 0. The van der Waals surface area contributed by atoms with Gasteiger partial charge in [0.25, 0.3) is 0 Å². The summed E-state index contributed by atoms with van der Waals surface area (Å²) in [5.41, 5.74) is 0. The summed E-state index contributed by atoms with van der Waals surface area (Å²) >= 11 is 0. The molecule has 2 heterocycles. The lowest BCUT2D eigenvalue weighted by Crippen LogP contribution is -2.51. The lowest BCUT2D eigenvalue weighted by Gasteiger charge is -2.40. The molecule has 2 fully saturated rings. The van der Waals surface area contributed by atoms with E-state index in [0.717, 1.165) is 19.0 Å². The smallest absolute Gasteiger partial charge is 0.0586 e. The zero-order valence-corrected chi connectivity index (χ0v) is 9.78. The Labute approximate surface area is 92.8 Å². The van der Waals surface area contributed by atoms with E-state index in [-0.39, 0.29) is 0 Å². The highest BCUT2D eigenvalue weighted by atomic mass is 16.3. The molecule has 0 amide bonds. The van der Waals surface area contributed by atoms with E-state index >= 15 is 0 Å². The Bertz CT molecular complexity index is 198. The number of nitrogens with zero attached hydrogens (tertiary/aromatic N) is 1. The van der Waals surface area contributed by atoms with E-state index in [1.165, 1.54) is 32.2 Å². The van der Waals surface area contributed by atoms with Gasteiger partial charge in [0.2, 0.25) is 0 Å². The van der Waals surface area contributed by atoms with Gasteiger partial charge in [-0.15, -0.1) is 0 Å². The fourth-order valence-corrected chi connectivity index (χ4v) is 3.18. The maximum Gasteiger partial charge on any atom is 0.0586 e. The van der Waals surface area contributed by atoms with Gasteiger partial charge >= 0.3 is 0 Å². The Morgan fingerprint density at radius 3 is 2.93 bits per heavy atom. The van der Waals surface area contributed by atoms with Crippen molar-refractivity contribution < 1.29 is 5.11 Å². The normalized spacial score (nSPS) is 38.4. The molecule has 3 unspecified atom stereocenters. The van der Waals surface area contributed by atoms with E-state index < -0.39 is 0 Å². The first-order valence-electron chi connectivity index (χ1n) is 6.44. The number of hydrogen-bond acceptors (Lipinski definition) is 3. The van der Waals surface area contributed by atoms with Gasteiger partial charge in [0, 0.05) is 18.6 Å². The quantitative estimate of drug-likeness (QED) is 0.727. The van der Waals surface area contributed by atoms with Crippen LogP contribution in [-0.4, -0.2) is 48.3 Å². The van der Waals surface area contributed by atoms with Gasteiger partial charge in [0.15, 0.2) is 0 Å². The summed E-state index contributed by atoms with van der Waals surface area (Å²) in [5.74, 6) is 0.789. The van der Waals surface area contributed by atoms with Gasteiger partial charge < -0.3 is 10.4 Å². The summed E-state index contributed by atoms with van der Waals surface area (Å²) in [7, 11) is 0. The van der Waals surface area contributed by atoms with Crippen LogP contribution in [0.1, 0.15) is 32.6 Å². The van der Waals surface area contributed by atoms with Gasteiger partial charge in [0.05, 0.1) is 6.61 Å².